The molecule has 2 rings (SSSR count). The fourth-order valence-corrected chi connectivity index (χ4v) is 2.61. The summed E-state index contributed by atoms with van der Waals surface area (Å²) in [4.78, 5) is 4.80. The van der Waals surface area contributed by atoms with Gasteiger partial charge in [-0.25, -0.2) is 4.39 Å². The second-order valence-corrected chi connectivity index (χ2v) is 5.71. The number of methoxy groups -OCH3 is 1. The van der Waals surface area contributed by atoms with Crippen LogP contribution in [0.2, 0.25) is 0 Å². The highest BCUT2D eigenvalue weighted by Crippen LogP contribution is 2.21. The van der Waals surface area contributed by atoms with E-state index >= 15 is 0 Å². The van der Waals surface area contributed by atoms with E-state index in [2.05, 4.69) is 22.2 Å². The molecule has 1 aliphatic rings. The molecule has 1 atom stereocenters. The summed E-state index contributed by atoms with van der Waals surface area (Å²) in [6, 6.07) is 5.04. The highest BCUT2D eigenvalue weighted by atomic mass is 19.1. The van der Waals surface area contributed by atoms with Crippen LogP contribution in [0, 0.1) is 5.82 Å². The van der Waals surface area contributed by atoms with E-state index in [0.717, 1.165) is 39.3 Å². The lowest BCUT2D eigenvalue weighted by molar-refractivity contribution is 0.154. The molecule has 0 aliphatic carbocycles. The van der Waals surface area contributed by atoms with Gasteiger partial charge in [-0.15, -0.1) is 0 Å². The Morgan fingerprint density at radius 3 is 2.62 bits per heavy atom. The lowest BCUT2D eigenvalue weighted by Crippen LogP contribution is -2.46. The SMILES string of the molecule is COc1ccc(C(C)NCCN2CCN(C)CC2)c(F)c1. The average molecular weight is 295 g/mol. The summed E-state index contributed by atoms with van der Waals surface area (Å²) < 4.78 is 19.0. The summed E-state index contributed by atoms with van der Waals surface area (Å²) in [5, 5.41) is 3.40. The first-order valence-electron chi connectivity index (χ1n) is 7.58. The van der Waals surface area contributed by atoms with E-state index in [4.69, 9.17) is 4.74 Å². The van der Waals surface area contributed by atoms with Crippen molar-refractivity contribution in [3.8, 4) is 5.75 Å². The fraction of sp³-hybridized carbons (Fsp3) is 0.625. The number of rotatable bonds is 6. The number of halogens is 1. The molecule has 1 aliphatic heterocycles. The van der Waals surface area contributed by atoms with E-state index in [-0.39, 0.29) is 11.9 Å². The Morgan fingerprint density at radius 2 is 2.00 bits per heavy atom. The van der Waals surface area contributed by atoms with Gasteiger partial charge < -0.3 is 15.0 Å². The fourth-order valence-electron chi connectivity index (χ4n) is 2.61. The van der Waals surface area contributed by atoms with E-state index in [1.807, 2.05) is 6.92 Å². The van der Waals surface area contributed by atoms with E-state index < -0.39 is 0 Å². The highest BCUT2D eigenvalue weighted by Gasteiger charge is 2.15. The summed E-state index contributed by atoms with van der Waals surface area (Å²) in [7, 11) is 3.70. The number of nitrogens with one attached hydrogen (secondary N) is 1. The van der Waals surface area contributed by atoms with Gasteiger partial charge in [0.15, 0.2) is 0 Å². The summed E-state index contributed by atoms with van der Waals surface area (Å²) >= 11 is 0. The second kappa shape index (κ2) is 7.73. The molecule has 0 saturated carbocycles. The first kappa shape index (κ1) is 16.2. The van der Waals surface area contributed by atoms with Gasteiger partial charge in [-0.1, -0.05) is 6.07 Å². The van der Waals surface area contributed by atoms with Crippen LogP contribution >= 0.6 is 0 Å². The molecule has 0 aromatic heterocycles. The van der Waals surface area contributed by atoms with E-state index in [9.17, 15) is 4.39 Å². The Bertz CT molecular complexity index is 447. The molecule has 1 fully saturated rings. The smallest absolute Gasteiger partial charge is 0.131 e. The van der Waals surface area contributed by atoms with Crippen LogP contribution in [0.15, 0.2) is 18.2 Å². The van der Waals surface area contributed by atoms with Crippen molar-refractivity contribution in [2.24, 2.45) is 0 Å². The van der Waals surface area contributed by atoms with Gasteiger partial charge in [0.1, 0.15) is 11.6 Å². The minimum atomic E-state index is -0.214. The summed E-state index contributed by atoms with van der Waals surface area (Å²) in [5.74, 6) is 0.342. The Balaban J connectivity index is 1.78. The molecule has 21 heavy (non-hydrogen) atoms. The summed E-state index contributed by atoms with van der Waals surface area (Å²) in [6.45, 7) is 8.36. The molecular weight excluding hydrogens is 269 g/mol. The van der Waals surface area contributed by atoms with Crippen molar-refractivity contribution in [1.82, 2.24) is 15.1 Å². The topological polar surface area (TPSA) is 27.7 Å². The lowest BCUT2D eigenvalue weighted by Gasteiger charge is -2.32. The Labute approximate surface area is 126 Å². The zero-order chi connectivity index (χ0) is 15.2. The van der Waals surface area contributed by atoms with Crippen molar-refractivity contribution in [1.29, 1.82) is 0 Å². The van der Waals surface area contributed by atoms with Gasteiger partial charge in [0.05, 0.1) is 7.11 Å². The molecule has 0 bridgehead atoms. The standard InChI is InChI=1S/C16H26FN3O/c1-13(15-5-4-14(21-3)12-16(15)17)18-6-7-20-10-8-19(2)9-11-20/h4-5,12-13,18H,6-11H2,1-3H3. The molecule has 118 valence electrons. The largest absolute Gasteiger partial charge is 0.497 e. The molecule has 0 spiro atoms. The first-order chi connectivity index (χ1) is 10.1. The van der Waals surface area contributed by atoms with Crippen LogP contribution in [0.4, 0.5) is 4.39 Å². The van der Waals surface area contributed by atoms with E-state index in [1.165, 1.54) is 6.07 Å². The predicted molar refractivity (Wildman–Crippen MR) is 83.3 cm³/mol. The van der Waals surface area contributed by atoms with Gasteiger partial charge in [0, 0.05) is 56.9 Å². The molecular formula is C16H26FN3O. The number of ether oxygens (including phenoxy) is 1. The molecule has 0 radical (unpaired) electrons. The third-order valence-electron chi connectivity index (χ3n) is 4.15. The van der Waals surface area contributed by atoms with Crippen LogP contribution in [0.25, 0.3) is 0 Å². The first-order valence-corrected chi connectivity index (χ1v) is 7.58. The van der Waals surface area contributed by atoms with Crippen molar-refractivity contribution in [2.75, 3.05) is 53.4 Å². The predicted octanol–water partition coefficient (Wildman–Crippen LogP) is 1.73. The van der Waals surface area contributed by atoms with Crippen molar-refractivity contribution < 1.29 is 9.13 Å². The summed E-state index contributed by atoms with van der Waals surface area (Å²) in [5.41, 5.74) is 0.689. The van der Waals surface area contributed by atoms with Crippen molar-refractivity contribution >= 4 is 0 Å². The normalized spacial score (nSPS) is 18.7. The number of benzene rings is 1. The van der Waals surface area contributed by atoms with Gasteiger partial charge in [-0.05, 0) is 20.0 Å². The maximum absolute atomic E-state index is 14.0. The van der Waals surface area contributed by atoms with E-state index in [0.29, 0.717) is 11.3 Å². The van der Waals surface area contributed by atoms with Crippen LogP contribution in [-0.4, -0.2) is 63.2 Å². The highest BCUT2D eigenvalue weighted by molar-refractivity contribution is 5.30. The van der Waals surface area contributed by atoms with Crippen molar-refractivity contribution in [3.05, 3.63) is 29.6 Å². The average Bonchev–Trinajstić information content (AvgIpc) is 2.49. The van der Waals surface area contributed by atoms with Crippen LogP contribution in [0.3, 0.4) is 0 Å². The van der Waals surface area contributed by atoms with Gasteiger partial charge in [0.2, 0.25) is 0 Å². The van der Waals surface area contributed by atoms with Crippen LogP contribution in [-0.2, 0) is 0 Å². The molecule has 1 aromatic rings. The number of hydrogen-bond donors (Lipinski definition) is 1. The Hall–Kier alpha value is -1.17. The quantitative estimate of drug-likeness (QED) is 0.865. The molecule has 0 amide bonds. The van der Waals surface area contributed by atoms with Crippen LogP contribution in [0.1, 0.15) is 18.5 Å². The minimum Gasteiger partial charge on any atom is -0.497 e. The minimum absolute atomic E-state index is 0.00312. The van der Waals surface area contributed by atoms with Gasteiger partial charge in [0.25, 0.3) is 0 Å². The summed E-state index contributed by atoms with van der Waals surface area (Å²) in [6.07, 6.45) is 0. The Morgan fingerprint density at radius 1 is 1.29 bits per heavy atom. The maximum Gasteiger partial charge on any atom is 0.131 e. The number of likely N-dealkylation sites (N-methyl/N-ethyl adjacent to an activating group) is 1. The van der Waals surface area contributed by atoms with Gasteiger partial charge in [-0.3, -0.25) is 4.90 Å². The van der Waals surface area contributed by atoms with E-state index in [1.54, 1.807) is 19.2 Å². The molecule has 1 aromatic carbocycles. The Kier molecular flexibility index (Phi) is 5.96. The molecule has 1 heterocycles. The second-order valence-electron chi connectivity index (χ2n) is 5.71. The number of nitrogens with zero attached hydrogens (tertiary/aromatic N) is 2. The third-order valence-corrected chi connectivity index (χ3v) is 4.15. The molecule has 1 saturated heterocycles. The van der Waals surface area contributed by atoms with Crippen LogP contribution in [0.5, 0.6) is 5.75 Å². The van der Waals surface area contributed by atoms with Gasteiger partial charge >= 0.3 is 0 Å². The molecule has 1 unspecified atom stereocenters. The maximum atomic E-state index is 14.0. The number of piperazine rings is 1. The van der Waals surface area contributed by atoms with Crippen LogP contribution < -0.4 is 10.1 Å². The lowest BCUT2D eigenvalue weighted by atomic mass is 10.1. The van der Waals surface area contributed by atoms with Crippen molar-refractivity contribution in [3.63, 3.8) is 0 Å². The van der Waals surface area contributed by atoms with Crippen molar-refractivity contribution in [2.45, 2.75) is 13.0 Å². The third kappa shape index (κ3) is 4.66. The zero-order valence-corrected chi connectivity index (χ0v) is 13.2. The molecule has 5 heteroatoms. The number of hydrogen-bond acceptors (Lipinski definition) is 4. The monoisotopic (exact) mass is 295 g/mol. The molecule has 1 N–H and O–H groups in total. The zero-order valence-electron chi connectivity index (χ0n) is 13.2. The molecule has 4 nitrogen and oxygen atoms in total. The van der Waals surface area contributed by atoms with Gasteiger partial charge in [-0.2, -0.15) is 0 Å².